The van der Waals surface area contributed by atoms with Crippen LogP contribution in [0.5, 0.6) is 5.75 Å². The van der Waals surface area contributed by atoms with Gasteiger partial charge in [-0.05, 0) is 38.5 Å². The molecule has 0 saturated carbocycles. The molecular formula is C20H21N3O5S. The average Bonchev–Trinajstić information content (AvgIpc) is 3.02. The number of nitrogens with zero attached hydrogens (tertiary/aromatic N) is 2. The molecule has 0 aliphatic carbocycles. The van der Waals surface area contributed by atoms with Gasteiger partial charge in [-0.15, -0.1) is 11.3 Å². The Morgan fingerprint density at radius 3 is 2.66 bits per heavy atom. The van der Waals surface area contributed by atoms with E-state index in [2.05, 4.69) is 10.3 Å². The number of ether oxygens (including phenoxy) is 1. The number of aromatic nitrogens is 2. The molecule has 0 fully saturated rings. The van der Waals surface area contributed by atoms with E-state index in [0.29, 0.717) is 10.9 Å². The van der Waals surface area contributed by atoms with Crippen molar-refractivity contribution in [3.63, 3.8) is 0 Å². The third-order valence-electron chi connectivity index (χ3n) is 4.46. The Hall–Kier alpha value is -3.20. The number of esters is 1. The Labute approximate surface area is 170 Å². The van der Waals surface area contributed by atoms with Crippen molar-refractivity contribution in [2.75, 3.05) is 13.2 Å². The number of aryl methyl sites for hydroxylation is 3. The van der Waals surface area contributed by atoms with Crippen LogP contribution in [0.1, 0.15) is 28.0 Å². The van der Waals surface area contributed by atoms with E-state index in [9.17, 15) is 19.5 Å². The molecule has 9 heteroatoms. The fourth-order valence-electron chi connectivity index (χ4n) is 3.13. The summed E-state index contributed by atoms with van der Waals surface area (Å²) >= 11 is 1.52. The van der Waals surface area contributed by atoms with Gasteiger partial charge in [0.2, 0.25) is 0 Å². The third kappa shape index (κ3) is 3.86. The molecule has 2 aromatic heterocycles. The van der Waals surface area contributed by atoms with E-state index in [1.807, 2.05) is 19.9 Å². The first-order valence-corrected chi connectivity index (χ1v) is 9.80. The number of pyridine rings is 1. The first-order valence-electron chi connectivity index (χ1n) is 8.98. The second-order valence-electron chi connectivity index (χ2n) is 6.45. The standard InChI is InChI=1S/C20H21N3O5S/c1-5-28-15(24)9-21-19(26)16-17(25)13-8-12(18-10(2)22-11(3)29-18)6-7-14(13)23(4)20(16)27/h6-8,25H,5,9H2,1-4H3,(H,21,26). The van der Waals surface area contributed by atoms with E-state index >= 15 is 0 Å². The number of carbonyl (C=O) groups excluding carboxylic acids is 2. The Morgan fingerprint density at radius 1 is 1.31 bits per heavy atom. The highest BCUT2D eigenvalue weighted by Gasteiger charge is 2.22. The van der Waals surface area contributed by atoms with Crippen LogP contribution < -0.4 is 10.9 Å². The van der Waals surface area contributed by atoms with Crippen LogP contribution in [0.25, 0.3) is 21.3 Å². The monoisotopic (exact) mass is 415 g/mol. The highest BCUT2D eigenvalue weighted by molar-refractivity contribution is 7.15. The summed E-state index contributed by atoms with van der Waals surface area (Å²) in [6, 6.07) is 5.30. The van der Waals surface area contributed by atoms with Crippen LogP contribution in [-0.2, 0) is 16.6 Å². The first-order chi connectivity index (χ1) is 13.7. The molecule has 0 atom stereocenters. The van der Waals surface area contributed by atoms with Gasteiger partial charge in [-0.3, -0.25) is 14.4 Å². The number of rotatable bonds is 5. The zero-order valence-corrected chi connectivity index (χ0v) is 17.3. The van der Waals surface area contributed by atoms with Gasteiger partial charge in [0, 0.05) is 12.4 Å². The van der Waals surface area contributed by atoms with Crippen LogP contribution in [0.4, 0.5) is 0 Å². The highest BCUT2D eigenvalue weighted by atomic mass is 32.1. The molecule has 0 radical (unpaired) electrons. The van der Waals surface area contributed by atoms with Gasteiger partial charge in [-0.2, -0.15) is 0 Å². The summed E-state index contributed by atoms with van der Waals surface area (Å²) in [5.41, 5.74) is 1.10. The van der Waals surface area contributed by atoms with Gasteiger partial charge in [-0.25, -0.2) is 4.98 Å². The summed E-state index contributed by atoms with van der Waals surface area (Å²) in [6.45, 7) is 5.24. The normalized spacial score (nSPS) is 10.9. The third-order valence-corrected chi connectivity index (χ3v) is 5.58. The van der Waals surface area contributed by atoms with Gasteiger partial charge in [0.1, 0.15) is 17.9 Å². The number of hydrogen-bond donors (Lipinski definition) is 2. The summed E-state index contributed by atoms with van der Waals surface area (Å²) in [5, 5.41) is 14.3. The number of carbonyl (C=O) groups is 2. The van der Waals surface area contributed by atoms with Crippen molar-refractivity contribution in [3.05, 3.63) is 44.8 Å². The molecule has 2 heterocycles. The number of amides is 1. The summed E-state index contributed by atoms with van der Waals surface area (Å²) in [6.07, 6.45) is 0. The van der Waals surface area contributed by atoms with Gasteiger partial charge in [0.15, 0.2) is 0 Å². The fourth-order valence-corrected chi connectivity index (χ4v) is 4.05. The molecule has 0 aliphatic heterocycles. The van der Waals surface area contributed by atoms with Gasteiger partial charge in [0.25, 0.3) is 11.5 Å². The van der Waals surface area contributed by atoms with Crippen molar-refractivity contribution >= 4 is 34.1 Å². The summed E-state index contributed by atoms with van der Waals surface area (Å²) in [7, 11) is 1.52. The van der Waals surface area contributed by atoms with Gasteiger partial charge in [-0.1, -0.05) is 6.07 Å². The van der Waals surface area contributed by atoms with Gasteiger partial charge < -0.3 is 19.7 Å². The molecule has 152 valence electrons. The molecule has 0 spiro atoms. The second kappa shape index (κ2) is 8.04. The molecule has 0 saturated heterocycles. The lowest BCUT2D eigenvalue weighted by Gasteiger charge is -2.13. The largest absolute Gasteiger partial charge is 0.506 e. The molecule has 2 N–H and O–H groups in total. The molecule has 3 rings (SSSR count). The lowest BCUT2D eigenvalue weighted by atomic mass is 10.0. The van der Waals surface area contributed by atoms with Crippen LogP contribution in [0.3, 0.4) is 0 Å². The lowest BCUT2D eigenvalue weighted by molar-refractivity contribution is -0.141. The van der Waals surface area contributed by atoms with E-state index in [1.165, 1.54) is 23.0 Å². The number of nitrogens with one attached hydrogen (secondary N) is 1. The SMILES string of the molecule is CCOC(=O)CNC(=O)c1c(O)c2cc(-c3sc(C)nc3C)ccc2n(C)c1=O. The lowest BCUT2D eigenvalue weighted by Crippen LogP contribution is -2.35. The molecule has 1 amide bonds. The topological polar surface area (TPSA) is 111 Å². The maximum Gasteiger partial charge on any atom is 0.325 e. The summed E-state index contributed by atoms with van der Waals surface area (Å²) in [5.74, 6) is -1.89. The Kier molecular flexibility index (Phi) is 5.69. The van der Waals surface area contributed by atoms with Crippen molar-refractivity contribution < 1.29 is 19.4 Å². The van der Waals surface area contributed by atoms with Crippen molar-refractivity contribution in [2.24, 2.45) is 7.05 Å². The zero-order chi connectivity index (χ0) is 21.3. The van der Waals surface area contributed by atoms with Crippen LogP contribution in [0.15, 0.2) is 23.0 Å². The predicted octanol–water partition coefficient (Wildman–Crippen LogP) is 2.28. The van der Waals surface area contributed by atoms with E-state index in [0.717, 1.165) is 21.1 Å². The predicted molar refractivity (Wildman–Crippen MR) is 110 cm³/mol. The molecule has 8 nitrogen and oxygen atoms in total. The van der Waals surface area contributed by atoms with E-state index < -0.39 is 35.3 Å². The number of aromatic hydroxyl groups is 1. The van der Waals surface area contributed by atoms with Gasteiger partial charge >= 0.3 is 5.97 Å². The maximum atomic E-state index is 12.6. The van der Waals surface area contributed by atoms with Crippen molar-refractivity contribution in [3.8, 4) is 16.2 Å². The van der Waals surface area contributed by atoms with Crippen LogP contribution in [0.2, 0.25) is 0 Å². The Balaban J connectivity index is 2.09. The molecule has 3 aromatic rings. The molecule has 0 unspecified atom stereocenters. The van der Waals surface area contributed by atoms with E-state index in [1.54, 1.807) is 19.1 Å². The number of benzene rings is 1. The van der Waals surface area contributed by atoms with Crippen molar-refractivity contribution in [2.45, 2.75) is 20.8 Å². The molecule has 29 heavy (non-hydrogen) atoms. The smallest absolute Gasteiger partial charge is 0.325 e. The van der Waals surface area contributed by atoms with E-state index in [-0.39, 0.29) is 6.61 Å². The minimum absolute atomic E-state index is 0.178. The zero-order valence-electron chi connectivity index (χ0n) is 16.5. The van der Waals surface area contributed by atoms with Crippen molar-refractivity contribution in [1.82, 2.24) is 14.9 Å². The number of thiazole rings is 1. The van der Waals surface area contributed by atoms with Gasteiger partial charge in [0.05, 0.1) is 27.7 Å². The quantitative estimate of drug-likeness (QED) is 0.619. The minimum atomic E-state index is -0.840. The fraction of sp³-hybridized carbons (Fsp3) is 0.300. The minimum Gasteiger partial charge on any atom is -0.506 e. The Bertz CT molecular complexity index is 1180. The average molecular weight is 415 g/mol. The van der Waals surface area contributed by atoms with Crippen molar-refractivity contribution in [1.29, 1.82) is 0 Å². The number of hydrogen-bond acceptors (Lipinski definition) is 7. The molecule has 1 aromatic carbocycles. The first kappa shape index (κ1) is 20.5. The van der Waals surface area contributed by atoms with Crippen LogP contribution in [0, 0.1) is 13.8 Å². The maximum absolute atomic E-state index is 12.6. The van der Waals surface area contributed by atoms with Crippen LogP contribution in [-0.4, -0.2) is 39.7 Å². The second-order valence-corrected chi connectivity index (χ2v) is 7.66. The Morgan fingerprint density at radius 2 is 2.03 bits per heavy atom. The van der Waals surface area contributed by atoms with E-state index in [4.69, 9.17) is 4.74 Å². The molecule has 0 bridgehead atoms. The van der Waals surface area contributed by atoms with Crippen LogP contribution >= 0.6 is 11.3 Å². The summed E-state index contributed by atoms with van der Waals surface area (Å²) < 4.78 is 6.05. The molecular weight excluding hydrogens is 394 g/mol. The highest BCUT2D eigenvalue weighted by Crippen LogP contribution is 2.34. The summed E-state index contributed by atoms with van der Waals surface area (Å²) in [4.78, 5) is 42.0. The molecule has 0 aliphatic rings. The number of fused-ring (bicyclic) bond motifs is 1.